The maximum atomic E-state index is 11.5. The molecule has 0 unspecified atom stereocenters. The summed E-state index contributed by atoms with van der Waals surface area (Å²) >= 11 is 6.16. The van der Waals surface area contributed by atoms with Crippen LogP contribution >= 0.6 is 11.6 Å². The van der Waals surface area contributed by atoms with Crippen molar-refractivity contribution in [1.29, 1.82) is 0 Å². The number of hydrogen-bond donors (Lipinski definition) is 1. The first-order valence-electron chi connectivity index (χ1n) is 9.09. The Hall–Kier alpha value is -1.75. The lowest BCUT2D eigenvalue weighted by Gasteiger charge is -2.36. The third kappa shape index (κ3) is 4.27. The van der Waals surface area contributed by atoms with Crippen molar-refractivity contribution < 1.29 is 4.79 Å². The minimum Gasteiger partial charge on any atom is -0.357 e. The van der Waals surface area contributed by atoms with E-state index < -0.39 is 0 Å². The summed E-state index contributed by atoms with van der Waals surface area (Å²) < 4.78 is 0. The van der Waals surface area contributed by atoms with Gasteiger partial charge in [0.1, 0.15) is 0 Å². The molecule has 2 aliphatic rings. The van der Waals surface area contributed by atoms with Crippen molar-refractivity contribution >= 4 is 23.5 Å². The van der Waals surface area contributed by atoms with Gasteiger partial charge in [-0.25, -0.2) is 0 Å². The molecule has 25 heavy (non-hydrogen) atoms. The zero-order chi connectivity index (χ0) is 17.9. The number of hydrogen-bond acceptors (Lipinski definition) is 2. The predicted octanol–water partition coefficient (Wildman–Crippen LogP) is 2.50. The van der Waals surface area contributed by atoms with Crippen LogP contribution in [0.1, 0.15) is 32.3 Å². The van der Waals surface area contributed by atoms with Gasteiger partial charge < -0.3 is 15.1 Å². The van der Waals surface area contributed by atoms with Gasteiger partial charge in [-0.05, 0) is 37.5 Å². The molecule has 3 rings (SSSR count). The molecule has 0 atom stereocenters. The van der Waals surface area contributed by atoms with Crippen molar-refractivity contribution in [3.63, 3.8) is 0 Å². The number of carbonyl (C=O) groups excluding carboxylic acids is 1. The van der Waals surface area contributed by atoms with Crippen LogP contribution < -0.4 is 5.32 Å². The second-order valence-electron chi connectivity index (χ2n) is 6.95. The number of nitrogens with zero attached hydrogens (tertiary/aromatic N) is 3. The molecule has 1 saturated heterocycles. The molecule has 0 bridgehead atoms. The monoisotopic (exact) mass is 362 g/mol. The Morgan fingerprint density at radius 3 is 2.48 bits per heavy atom. The highest BCUT2D eigenvalue weighted by Crippen LogP contribution is 2.48. The summed E-state index contributed by atoms with van der Waals surface area (Å²) in [5, 5.41) is 4.20. The molecule has 1 aromatic carbocycles. The van der Waals surface area contributed by atoms with Gasteiger partial charge in [-0.2, -0.15) is 0 Å². The maximum Gasteiger partial charge on any atom is 0.219 e. The van der Waals surface area contributed by atoms with Crippen LogP contribution in [-0.2, 0) is 10.2 Å². The molecule has 1 aromatic rings. The zero-order valence-electron chi connectivity index (χ0n) is 15.1. The number of nitrogens with one attached hydrogen (secondary N) is 1. The van der Waals surface area contributed by atoms with Gasteiger partial charge in [0.2, 0.25) is 5.91 Å². The summed E-state index contributed by atoms with van der Waals surface area (Å²) in [5.41, 5.74) is 1.44. The fourth-order valence-corrected chi connectivity index (χ4v) is 3.58. The minimum atomic E-state index is 0.146. The van der Waals surface area contributed by atoms with Crippen LogP contribution in [0.5, 0.6) is 0 Å². The van der Waals surface area contributed by atoms with Crippen LogP contribution in [0.15, 0.2) is 29.3 Å². The Labute approximate surface area is 155 Å². The van der Waals surface area contributed by atoms with Crippen molar-refractivity contribution in [3.05, 3.63) is 34.9 Å². The minimum absolute atomic E-state index is 0.146. The number of carbonyl (C=O) groups is 1. The number of halogens is 1. The quantitative estimate of drug-likeness (QED) is 0.661. The van der Waals surface area contributed by atoms with Gasteiger partial charge in [0.25, 0.3) is 0 Å². The zero-order valence-corrected chi connectivity index (χ0v) is 15.9. The molecule has 1 aliphatic heterocycles. The molecule has 1 N–H and O–H groups in total. The van der Waals surface area contributed by atoms with Crippen LogP contribution in [0.3, 0.4) is 0 Å². The number of aliphatic imine (C=N–C) groups is 1. The molecule has 0 radical (unpaired) electrons. The average Bonchev–Trinajstić information content (AvgIpc) is 3.40. The van der Waals surface area contributed by atoms with Crippen LogP contribution in [0.4, 0.5) is 0 Å². The van der Waals surface area contributed by atoms with Gasteiger partial charge in [-0.1, -0.05) is 23.7 Å². The van der Waals surface area contributed by atoms with Crippen LogP contribution in [0.2, 0.25) is 5.02 Å². The van der Waals surface area contributed by atoms with E-state index in [1.807, 2.05) is 17.0 Å². The number of guanidine groups is 1. The number of amides is 1. The van der Waals surface area contributed by atoms with Gasteiger partial charge in [-0.15, -0.1) is 0 Å². The van der Waals surface area contributed by atoms with E-state index in [4.69, 9.17) is 16.6 Å². The van der Waals surface area contributed by atoms with E-state index in [1.54, 1.807) is 6.92 Å². The standard InChI is InChI=1S/C19H27ClN4O/c1-3-21-18(24-11-9-23(10-12-24)15(2)25)22-14-19(7-8-19)16-5-4-6-17(20)13-16/h4-6,13H,3,7-12,14H2,1-2H3,(H,21,22). The fraction of sp³-hybridized carbons (Fsp3) is 0.579. The van der Waals surface area contributed by atoms with Gasteiger partial charge >= 0.3 is 0 Å². The van der Waals surface area contributed by atoms with E-state index >= 15 is 0 Å². The lowest BCUT2D eigenvalue weighted by Crippen LogP contribution is -2.53. The van der Waals surface area contributed by atoms with Crippen LogP contribution in [0.25, 0.3) is 0 Å². The largest absolute Gasteiger partial charge is 0.357 e. The molecule has 0 aromatic heterocycles. The van der Waals surface area contributed by atoms with Crippen molar-refractivity contribution in [2.24, 2.45) is 4.99 Å². The molecule has 6 heteroatoms. The first kappa shape index (κ1) is 18.1. The highest BCUT2D eigenvalue weighted by Gasteiger charge is 2.44. The summed E-state index contributed by atoms with van der Waals surface area (Å²) in [4.78, 5) is 20.6. The van der Waals surface area contributed by atoms with Gasteiger partial charge in [0, 0.05) is 50.1 Å². The third-order valence-corrected chi connectivity index (χ3v) is 5.42. The second-order valence-corrected chi connectivity index (χ2v) is 7.39. The number of rotatable bonds is 4. The summed E-state index contributed by atoms with van der Waals surface area (Å²) in [6, 6.07) is 8.17. The summed E-state index contributed by atoms with van der Waals surface area (Å²) in [7, 11) is 0. The Morgan fingerprint density at radius 1 is 1.24 bits per heavy atom. The lowest BCUT2D eigenvalue weighted by molar-refractivity contribution is -0.130. The molecule has 0 spiro atoms. The fourth-order valence-electron chi connectivity index (χ4n) is 3.39. The molecule has 1 saturated carbocycles. The summed E-state index contributed by atoms with van der Waals surface area (Å²) in [5.74, 6) is 1.11. The van der Waals surface area contributed by atoms with Gasteiger partial charge in [0.15, 0.2) is 5.96 Å². The van der Waals surface area contributed by atoms with E-state index in [9.17, 15) is 4.79 Å². The van der Waals surface area contributed by atoms with Gasteiger partial charge in [0.05, 0.1) is 6.54 Å². The number of benzene rings is 1. The molecule has 1 aliphatic carbocycles. The predicted molar refractivity (Wildman–Crippen MR) is 102 cm³/mol. The van der Waals surface area contributed by atoms with Crippen molar-refractivity contribution in [3.8, 4) is 0 Å². The maximum absolute atomic E-state index is 11.5. The van der Waals surface area contributed by atoms with Crippen LogP contribution in [0, 0.1) is 0 Å². The summed E-state index contributed by atoms with van der Waals surface area (Å²) in [6.07, 6.45) is 2.32. The molecule has 5 nitrogen and oxygen atoms in total. The molecular formula is C19H27ClN4O. The Bertz CT molecular complexity index is 649. The Morgan fingerprint density at radius 2 is 1.92 bits per heavy atom. The van der Waals surface area contributed by atoms with E-state index in [-0.39, 0.29) is 11.3 Å². The Balaban J connectivity index is 1.68. The molecule has 2 fully saturated rings. The van der Waals surface area contributed by atoms with E-state index in [0.29, 0.717) is 0 Å². The first-order valence-corrected chi connectivity index (χ1v) is 9.47. The van der Waals surface area contributed by atoms with Gasteiger partial charge in [-0.3, -0.25) is 9.79 Å². The smallest absolute Gasteiger partial charge is 0.219 e. The Kier molecular flexibility index (Phi) is 5.52. The molecule has 1 heterocycles. The lowest BCUT2D eigenvalue weighted by atomic mass is 9.96. The molecule has 136 valence electrons. The summed E-state index contributed by atoms with van der Waals surface area (Å²) in [6.45, 7) is 8.53. The van der Waals surface area contributed by atoms with Crippen LogP contribution in [-0.4, -0.2) is 60.9 Å². The van der Waals surface area contributed by atoms with E-state index in [1.165, 1.54) is 5.56 Å². The number of piperazine rings is 1. The second kappa shape index (κ2) is 7.65. The molecule has 1 amide bonds. The topological polar surface area (TPSA) is 47.9 Å². The highest BCUT2D eigenvalue weighted by molar-refractivity contribution is 6.30. The molecular weight excluding hydrogens is 336 g/mol. The van der Waals surface area contributed by atoms with E-state index in [0.717, 1.165) is 63.1 Å². The van der Waals surface area contributed by atoms with Crippen molar-refractivity contribution in [1.82, 2.24) is 15.1 Å². The SMILES string of the molecule is CCNC(=NCC1(c2cccc(Cl)c2)CC1)N1CCN(C(C)=O)CC1. The van der Waals surface area contributed by atoms with Crippen molar-refractivity contribution in [2.75, 3.05) is 39.3 Å². The van der Waals surface area contributed by atoms with E-state index in [2.05, 4.69) is 29.3 Å². The third-order valence-electron chi connectivity index (χ3n) is 5.18. The van der Waals surface area contributed by atoms with Crippen molar-refractivity contribution in [2.45, 2.75) is 32.1 Å². The normalized spacial score (nSPS) is 19.7. The first-order chi connectivity index (χ1) is 12.0. The highest BCUT2D eigenvalue weighted by atomic mass is 35.5. The average molecular weight is 363 g/mol.